The Morgan fingerprint density at radius 2 is 2.04 bits per heavy atom. The van der Waals surface area contributed by atoms with Gasteiger partial charge in [-0.1, -0.05) is 32.1 Å². The molecule has 0 aromatic heterocycles. The van der Waals surface area contributed by atoms with Gasteiger partial charge >= 0.3 is 5.97 Å². The summed E-state index contributed by atoms with van der Waals surface area (Å²) in [7, 11) is 0. The van der Waals surface area contributed by atoms with Crippen LogP contribution in [0.5, 0.6) is 0 Å². The molecule has 0 unspecified atom stereocenters. The van der Waals surface area contributed by atoms with Crippen molar-refractivity contribution >= 4 is 5.97 Å². The molecule has 0 radical (unpaired) electrons. The van der Waals surface area contributed by atoms with Gasteiger partial charge in [0.2, 0.25) is 0 Å². The first kappa shape index (κ1) is 18.6. The van der Waals surface area contributed by atoms with Crippen LogP contribution in [0.15, 0.2) is 23.8 Å². The summed E-state index contributed by atoms with van der Waals surface area (Å²) in [6.07, 6.45) is 4.42. The zero-order chi connectivity index (χ0) is 18.4. The molecule has 2 saturated carbocycles. The predicted molar refractivity (Wildman–Crippen MR) is 93.6 cm³/mol. The minimum absolute atomic E-state index is 0.0280. The second kappa shape index (κ2) is 6.53. The van der Waals surface area contributed by atoms with Crippen molar-refractivity contribution in [1.29, 1.82) is 0 Å². The molecule has 3 aliphatic rings. The van der Waals surface area contributed by atoms with Gasteiger partial charge in [-0.05, 0) is 49.4 Å². The number of esters is 1. The van der Waals surface area contributed by atoms with Crippen LogP contribution in [0.1, 0.15) is 46.0 Å². The molecule has 0 bridgehead atoms. The number of ether oxygens (including phenoxy) is 1. The molecular weight excluding hydrogens is 320 g/mol. The molecule has 0 aromatic carbocycles. The fourth-order valence-corrected chi connectivity index (χ4v) is 5.56. The van der Waals surface area contributed by atoms with Crippen molar-refractivity contribution < 1.29 is 24.9 Å². The van der Waals surface area contributed by atoms with Gasteiger partial charge in [-0.3, -0.25) is 0 Å². The Kier molecular flexibility index (Phi) is 4.86. The van der Waals surface area contributed by atoms with E-state index in [-0.39, 0.29) is 30.5 Å². The maximum absolute atomic E-state index is 11.8. The SMILES string of the molecule is C=C1CC[C@@H]2[C@](C)(CO)[C@H](O)CC[C@@]2(C)[C@H]1C/C=C1/C(=O)OC[C@H]1O. The summed E-state index contributed by atoms with van der Waals surface area (Å²) < 4.78 is 4.90. The average molecular weight is 350 g/mol. The molecule has 0 amide bonds. The molecule has 5 heteroatoms. The van der Waals surface area contributed by atoms with Crippen LogP contribution in [-0.2, 0) is 9.53 Å². The lowest BCUT2D eigenvalue weighted by Gasteiger charge is -2.59. The first-order valence-electron chi connectivity index (χ1n) is 9.26. The fraction of sp³-hybridized carbons (Fsp3) is 0.750. The molecule has 3 fully saturated rings. The molecule has 1 saturated heterocycles. The second-order valence-corrected chi connectivity index (χ2v) is 8.54. The first-order valence-corrected chi connectivity index (χ1v) is 9.26. The Hall–Kier alpha value is -1.17. The van der Waals surface area contributed by atoms with E-state index in [1.54, 1.807) is 0 Å². The van der Waals surface area contributed by atoms with Crippen molar-refractivity contribution in [3.05, 3.63) is 23.8 Å². The van der Waals surface area contributed by atoms with E-state index in [0.717, 1.165) is 24.8 Å². The number of rotatable bonds is 3. The van der Waals surface area contributed by atoms with Crippen LogP contribution in [0, 0.1) is 22.7 Å². The molecule has 5 nitrogen and oxygen atoms in total. The van der Waals surface area contributed by atoms with Crippen LogP contribution in [0.25, 0.3) is 0 Å². The summed E-state index contributed by atoms with van der Waals surface area (Å²) in [5.41, 5.74) is 0.911. The number of cyclic esters (lactones) is 1. The van der Waals surface area contributed by atoms with Gasteiger partial charge in [0.05, 0.1) is 18.3 Å². The highest BCUT2D eigenvalue weighted by atomic mass is 16.6. The van der Waals surface area contributed by atoms with Crippen molar-refractivity contribution in [2.75, 3.05) is 13.2 Å². The van der Waals surface area contributed by atoms with Gasteiger partial charge in [0.15, 0.2) is 0 Å². The third kappa shape index (κ3) is 2.86. The number of aliphatic hydroxyl groups is 3. The van der Waals surface area contributed by atoms with Crippen LogP contribution in [-0.4, -0.2) is 46.7 Å². The predicted octanol–water partition coefficient (Wildman–Crippen LogP) is 1.96. The normalized spacial score (nSPS) is 46.2. The number of hydrogen-bond acceptors (Lipinski definition) is 5. The van der Waals surface area contributed by atoms with E-state index in [2.05, 4.69) is 13.5 Å². The Labute approximate surface area is 149 Å². The number of fused-ring (bicyclic) bond motifs is 1. The van der Waals surface area contributed by atoms with E-state index < -0.39 is 23.6 Å². The minimum atomic E-state index is -0.844. The van der Waals surface area contributed by atoms with Gasteiger partial charge in [-0.25, -0.2) is 4.79 Å². The zero-order valence-electron chi connectivity index (χ0n) is 15.2. The van der Waals surface area contributed by atoms with Gasteiger partial charge in [-0.2, -0.15) is 0 Å². The van der Waals surface area contributed by atoms with Crippen LogP contribution in [0.2, 0.25) is 0 Å². The molecule has 1 aliphatic heterocycles. The van der Waals surface area contributed by atoms with Crippen molar-refractivity contribution in [2.45, 2.75) is 58.2 Å². The topological polar surface area (TPSA) is 87.0 Å². The summed E-state index contributed by atoms with van der Waals surface area (Å²) in [6, 6.07) is 0. The molecule has 0 aromatic rings. The number of aliphatic hydroxyl groups excluding tert-OH is 3. The van der Waals surface area contributed by atoms with Gasteiger partial charge in [0.25, 0.3) is 0 Å². The van der Waals surface area contributed by atoms with Crippen LogP contribution in [0.4, 0.5) is 0 Å². The lowest BCUT2D eigenvalue weighted by Crippen LogP contribution is -2.57. The Morgan fingerprint density at radius 3 is 2.64 bits per heavy atom. The van der Waals surface area contributed by atoms with Gasteiger partial charge in [-0.15, -0.1) is 0 Å². The fourth-order valence-electron chi connectivity index (χ4n) is 5.56. The van der Waals surface area contributed by atoms with Gasteiger partial charge in [0.1, 0.15) is 12.7 Å². The molecule has 2 aliphatic carbocycles. The number of carbonyl (C=O) groups is 1. The zero-order valence-corrected chi connectivity index (χ0v) is 15.2. The number of allylic oxidation sites excluding steroid dienone is 2. The summed E-state index contributed by atoms with van der Waals surface area (Å²) >= 11 is 0. The highest BCUT2D eigenvalue weighted by Gasteiger charge is 2.57. The van der Waals surface area contributed by atoms with E-state index in [1.165, 1.54) is 0 Å². The number of carbonyl (C=O) groups excluding carboxylic acids is 1. The van der Waals surface area contributed by atoms with Crippen molar-refractivity contribution in [3.63, 3.8) is 0 Å². The molecule has 140 valence electrons. The van der Waals surface area contributed by atoms with E-state index in [9.17, 15) is 20.1 Å². The molecule has 6 atom stereocenters. The third-order valence-electron chi connectivity index (χ3n) is 7.23. The highest BCUT2D eigenvalue weighted by Crippen LogP contribution is 2.61. The van der Waals surface area contributed by atoms with Crippen molar-refractivity contribution in [2.24, 2.45) is 22.7 Å². The quantitative estimate of drug-likeness (QED) is 0.411. The van der Waals surface area contributed by atoms with Crippen LogP contribution in [0.3, 0.4) is 0 Å². The lowest BCUT2D eigenvalue weighted by atomic mass is 9.46. The monoisotopic (exact) mass is 350 g/mol. The van der Waals surface area contributed by atoms with E-state index >= 15 is 0 Å². The van der Waals surface area contributed by atoms with Crippen LogP contribution < -0.4 is 0 Å². The lowest BCUT2D eigenvalue weighted by molar-refractivity contribution is -0.151. The smallest absolute Gasteiger partial charge is 0.336 e. The summed E-state index contributed by atoms with van der Waals surface area (Å²) in [6.45, 7) is 8.50. The Balaban J connectivity index is 1.89. The van der Waals surface area contributed by atoms with E-state index in [4.69, 9.17) is 4.74 Å². The Bertz CT molecular complexity index is 597. The van der Waals surface area contributed by atoms with E-state index in [0.29, 0.717) is 18.4 Å². The second-order valence-electron chi connectivity index (χ2n) is 8.54. The van der Waals surface area contributed by atoms with Crippen molar-refractivity contribution in [3.8, 4) is 0 Å². The minimum Gasteiger partial charge on any atom is -0.459 e. The Morgan fingerprint density at radius 1 is 1.32 bits per heavy atom. The summed E-state index contributed by atoms with van der Waals surface area (Å²) in [5, 5.41) is 30.4. The first-order chi connectivity index (χ1) is 11.7. The molecular formula is C20H30O5. The maximum atomic E-state index is 11.8. The van der Waals surface area contributed by atoms with Crippen LogP contribution >= 0.6 is 0 Å². The molecule has 3 rings (SSSR count). The van der Waals surface area contributed by atoms with Gasteiger partial charge < -0.3 is 20.1 Å². The average Bonchev–Trinajstić information content (AvgIpc) is 2.89. The van der Waals surface area contributed by atoms with Crippen molar-refractivity contribution in [1.82, 2.24) is 0 Å². The molecule has 3 N–H and O–H groups in total. The number of hydrogen-bond donors (Lipinski definition) is 3. The molecule has 1 heterocycles. The standard InChI is InChI=1S/C20H30O5/c1-12-4-7-16-19(2,9-8-17(23)20(16,3)11-21)14(12)6-5-13-15(22)10-25-18(13)24/h5,14-17,21-23H,1,4,6-11H2,2-3H3/b13-5+/t14-,15+,16-,17+,19-,20-/m0/s1. The van der Waals surface area contributed by atoms with Gasteiger partial charge in [0, 0.05) is 5.41 Å². The maximum Gasteiger partial charge on any atom is 0.336 e. The third-order valence-corrected chi connectivity index (χ3v) is 7.23. The molecule has 0 spiro atoms. The highest BCUT2D eigenvalue weighted by molar-refractivity contribution is 5.91. The summed E-state index contributed by atoms with van der Waals surface area (Å²) in [5.74, 6) is -0.0734. The molecule has 25 heavy (non-hydrogen) atoms. The summed E-state index contributed by atoms with van der Waals surface area (Å²) in [4.78, 5) is 11.8. The largest absolute Gasteiger partial charge is 0.459 e. The van der Waals surface area contributed by atoms with E-state index in [1.807, 2.05) is 13.0 Å².